The molecule has 0 rings (SSSR count). The molecule has 0 fully saturated rings. The maximum absolute atomic E-state index is 11.8. The molecule has 0 saturated heterocycles. The van der Waals surface area contributed by atoms with Crippen LogP contribution in [0.15, 0.2) is 0 Å². The molecule has 0 heterocycles. The molecule has 12 heavy (non-hydrogen) atoms. The summed E-state index contributed by atoms with van der Waals surface area (Å²) in [5.74, 6) is -1.41. The lowest BCUT2D eigenvalue weighted by Crippen LogP contribution is -2.34. The highest BCUT2D eigenvalue weighted by atomic mass is 19.4. The number of carbonyl (C=O) groups is 1. The molecule has 0 radical (unpaired) electrons. The highest BCUT2D eigenvalue weighted by Gasteiger charge is 2.38. The van der Waals surface area contributed by atoms with Gasteiger partial charge in [0, 0.05) is 0 Å². The normalized spacial score (nSPS) is 17.1. The number of ether oxygens (including phenoxy) is 1. The van der Waals surface area contributed by atoms with Gasteiger partial charge in [0.25, 0.3) is 0 Å². The number of rotatable bonds is 3. The van der Waals surface area contributed by atoms with Gasteiger partial charge in [-0.25, -0.2) is 4.79 Å². The van der Waals surface area contributed by atoms with E-state index in [-0.39, 0.29) is 0 Å². The topological polar surface area (TPSA) is 46.5 Å². The molecule has 2 atom stereocenters. The summed E-state index contributed by atoms with van der Waals surface area (Å²) in [4.78, 5) is 10.1. The zero-order valence-electron chi connectivity index (χ0n) is 6.55. The Labute approximate surface area is 67.1 Å². The van der Waals surface area contributed by atoms with Gasteiger partial charge in [-0.15, -0.1) is 0 Å². The third kappa shape index (κ3) is 3.56. The van der Waals surface area contributed by atoms with E-state index in [1.807, 2.05) is 0 Å². The van der Waals surface area contributed by atoms with Crippen LogP contribution in [0.1, 0.15) is 13.8 Å². The Balaban J connectivity index is 4.01. The fourth-order valence-corrected chi connectivity index (χ4v) is 0.442. The van der Waals surface area contributed by atoms with Gasteiger partial charge in [-0.2, -0.15) is 13.2 Å². The number of hydrogen-bond acceptors (Lipinski definition) is 2. The minimum absolute atomic E-state index is 0.763. The average Bonchev–Trinajstić information content (AvgIpc) is 1.85. The first kappa shape index (κ1) is 11.2. The van der Waals surface area contributed by atoms with Gasteiger partial charge in [-0.3, -0.25) is 0 Å². The van der Waals surface area contributed by atoms with Crippen LogP contribution in [0.25, 0.3) is 0 Å². The van der Waals surface area contributed by atoms with Gasteiger partial charge in [0.1, 0.15) is 0 Å². The number of hydrogen-bond donors (Lipinski definition) is 1. The molecule has 0 amide bonds. The fraction of sp³-hybridized carbons (Fsp3) is 0.833. The molecule has 0 aromatic carbocycles. The molecular formula is C6H9F3O3. The lowest BCUT2D eigenvalue weighted by atomic mass is 10.3. The van der Waals surface area contributed by atoms with Crippen molar-refractivity contribution in [2.24, 2.45) is 0 Å². The molecule has 0 aliphatic rings. The van der Waals surface area contributed by atoms with Crippen molar-refractivity contribution >= 4 is 5.97 Å². The highest BCUT2D eigenvalue weighted by Crippen LogP contribution is 2.23. The fourth-order valence-electron chi connectivity index (χ4n) is 0.442. The minimum atomic E-state index is -4.51. The summed E-state index contributed by atoms with van der Waals surface area (Å²) in [6.45, 7) is 1.81. The second kappa shape index (κ2) is 3.75. The Hall–Kier alpha value is -0.780. The molecule has 72 valence electrons. The maximum Gasteiger partial charge on any atom is 0.414 e. The Morgan fingerprint density at radius 1 is 1.42 bits per heavy atom. The van der Waals surface area contributed by atoms with Gasteiger partial charge in [0.2, 0.25) is 0 Å². The largest absolute Gasteiger partial charge is 0.479 e. The van der Waals surface area contributed by atoms with Crippen molar-refractivity contribution in [2.45, 2.75) is 32.2 Å². The Morgan fingerprint density at radius 3 is 2.08 bits per heavy atom. The number of aliphatic carboxylic acids is 1. The highest BCUT2D eigenvalue weighted by molar-refractivity contribution is 5.71. The van der Waals surface area contributed by atoms with Crippen LogP contribution < -0.4 is 0 Å². The van der Waals surface area contributed by atoms with E-state index in [0.29, 0.717) is 0 Å². The predicted octanol–water partition coefficient (Wildman–Crippen LogP) is 1.43. The molecule has 0 aliphatic carbocycles. The van der Waals surface area contributed by atoms with Gasteiger partial charge in [-0.05, 0) is 13.8 Å². The quantitative estimate of drug-likeness (QED) is 0.725. The summed E-state index contributed by atoms with van der Waals surface area (Å²) in [5.41, 5.74) is 0. The average molecular weight is 186 g/mol. The zero-order chi connectivity index (χ0) is 9.94. The van der Waals surface area contributed by atoms with Crippen LogP contribution in [0.3, 0.4) is 0 Å². The zero-order valence-corrected chi connectivity index (χ0v) is 6.55. The molecule has 2 unspecified atom stereocenters. The Bertz CT molecular complexity index is 166. The van der Waals surface area contributed by atoms with Crippen LogP contribution in [-0.4, -0.2) is 29.5 Å². The van der Waals surface area contributed by atoms with E-state index in [4.69, 9.17) is 5.11 Å². The van der Waals surface area contributed by atoms with Crippen LogP contribution in [0.2, 0.25) is 0 Å². The monoisotopic (exact) mass is 186 g/mol. The minimum Gasteiger partial charge on any atom is -0.479 e. The van der Waals surface area contributed by atoms with E-state index in [9.17, 15) is 18.0 Å². The van der Waals surface area contributed by atoms with E-state index in [1.165, 1.54) is 0 Å². The first-order chi connectivity index (χ1) is 5.25. The SMILES string of the molecule is CC(OC(C)C(F)(F)F)C(=O)O. The van der Waals surface area contributed by atoms with Crippen molar-refractivity contribution < 1.29 is 27.8 Å². The molecule has 0 saturated carbocycles. The lowest BCUT2D eigenvalue weighted by molar-refractivity contribution is -0.226. The molecule has 6 heteroatoms. The van der Waals surface area contributed by atoms with Gasteiger partial charge in [-0.1, -0.05) is 0 Å². The lowest BCUT2D eigenvalue weighted by Gasteiger charge is -2.18. The van der Waals surface area contributed by atoms with Crippen molar-refractivity contribution in [3.63, 3.8) is 0 Å². The smallest absolute Gasteiger partial charge is 0.414 e. The van der Waals surface area contributed by atoms with E-state index in [1.54, 1.807) is 0 Å². The Kier molecular flexibility index (Phi) is 3.51. The van der Waals surface area contributed by atoms with Crippen LogP contribution in [0, 0.1) is 0 Å². The van der Waals surface area contributed by atoms with Gasteiger partial charge < -0.3 is 9.84 Å². The number of alkyl halides is 3. The van der Waals surface area contributed by atoms with Crippen LogP contribution >= 0.6 is 0 Å². The Morgan fingerprint density at radius 2 is 1.83 bits per heavy atom. The summed E-state index contributed by atoms with van der Waals surface area (Å²) in [6.07, 6.45) is -8.01. The summed E-state index contributed by atoms with van der Waals surface area (Å²) in [5, 5.41) is 8.20. The van der Waals surface area contributed by atoms with Crippen LogP contribution in [-0.2, 0) is 9.53 Å². The van der Waals surface area contributed by atoms with Crippen molar-refractivity contribution in [2.75, 3.05) is 0 Å². The summed E-state index contributed by atoms with van der Waals surface area (Å²) in [7, 11) is 0. The van der Waals surface area contributed by atoms with Crippen molar-refractivity contribution in [3.05, 3.63) is 0 Å². The third-order valence-electron chi connectivity index (χ3n) is 1.22. The predicted molar refractivity (Wildman–Crippen MR) is 33.7 cm³/mol. The summed E-state index contributed by atoms with van der Waals surface area (Å²) >= 11 is 0. The van der Waals surface area contributed by atoms with E-state index in [2.05, 4.69) is 4.74 Å². The number of carboxylic acids is 1. The summed E-state index contributed by atoms with van der Waals surface area (Å²) in [6, 6.07) is 0. The van der Waals surface area contributed by atoms with Gasteiger partial charge in [0.15, 0.2) is 12.2 Å². The van der Waals surface area contributed by atoms with Crippen molar-refractivity contribution in [1.29, 1.82) is 0 Å². The van der Waals surface area contributed by atoms with Gasteiger partial charge in [0.05, 0.1) is 0 Å². The van der Waals surface area contributed by atoms with Crippen molar-refractivity contribution in [1.82, 2.24) is 0 Å². The first-order valence-electron chi connectivity index (χ1n) is 3.20. The molecule has 0 aromatic heterocycles. The molecule has 1 N–H and O–H groups in total. The maximum atomic E-state index is 11.8. The van der Waals surface area contributed by atoms with Crippen LogP contribution in [0.5, 0.6) is 0 Å². The van der Waals surface area contributed by atoms with E-state index in [0.717, 1.165) is 13.8 Å². The first-order valence-corrected chi connectivity index (χ1v) is 3.20. The van der Waals surface area contributed by atoms with Gasteiger partial charge >= 0.3 is 12.1 Å². The molecule has 0 bridgehead atoms. The van der Waals surface area contributed by atoms with Crippen LogP contribution in [0.4, 0.5) is 13.2 Å². The number of carboxylic acid groups (broad SMARTS) is 1. The second-order valence-electron chi connectivity index (χ2n) is 2.30. The molecular weight excluding hydrogens is 177 g/mol. The molecule has 3 nitrogen and oxygen atoms in total. The second-order valence-corrected chi connectivity index (χ2v) is 2.30. The number of halogens is 3. The molecule has 0 spiro atoms. The standard InChI is InChI=1S/C6H9F3O3/c1-3(5(10)11)12-4(2)6(7,8)9/h3-4H,1-2H3,(H,10,11). The summed E-state index contributed by atoms with van der Waals surface area (Å²) < 4.78 is 39.4. The van der Waals surface area contributed by atoms with E-state index < -0.39 is 24.4 Å². The molecule has 0 aromatic rings. The third-order valence-corrected chi connectivity index (χ3v) is 1.22. The van der Waals surface area contributed by atoms with E-state index >= 15 is 0 Å². The molecule has 0 aliphatic heterocycles. The van der Waals surface area contributed by atoms with Crippen molar-refractivity contribution in [3.8, 4) is 0 Å².